The van der Waals surface area contributed by atoms with Gasteiger partial charge in [-0.1, -0.05) is 40.8 Å². The molecule has 0 aliphatic heterocycles. The molecule has 25 heavy (non-hydrogen) atoms. The molecule has 0 saturated heterocycles. The number of aromatic nitrogens is 2. The molecule has 0 spiro atoms. The van der Waals surface area contributed by atoms with Gasteiger partial charge in [0.15, 0.2) is 4.34 Å². The van der Waals surface area contributed by atoms with Gasteiger partial charge in [-0.25, -0.2) is 4.79 Å². The fraction of sp³-hybridized carbons (Fsp3) is 0.188. The molecule has 2 heterocycles. The average Bonchev–Trinajstić information content (AvgIpc) is 3.18. The highest BCUT2D eigenvalue weighted by Crippen LogP contribution is 2.31. The monoisotopic (exact) mass is 395 g/mol. The number of rotatable bonds is 6. The summed E-state index contributed by atoms with van der Waals surface area (Å²) in [5.41, 5.74) is 1.29. The standard InChI is InChI=1S/C16H14ClN3O3S2/c1-9-13(14(21)22-2)7-12(23-9)8-24-16-20-19-15(25-16)18-11-5-3-4-10(17)6-11/h3-7H,8H2,1-2H3,(H,18,19). The van der Waals surface area contributed by atoms with Crippen LogP contribution in [-0.4, -0.2) is 23.3 Å². The molecular formula is C16H14ClN3O3S2. The maximum Gasteiger partial charge on any atom is 0.341 e. The molecule has 1 aromatic carbocycles. The Bertz CT molecular complexity index is 894. The van der Waals surface area contributed by atoms with Crippen LogP contribution < -0.4 is 5.32 Å². The van der Waals surface area contributed by atoms with Crippen LogP contribution in [0.4, 0.5) is 10.8 Å². The van der Waals surface area contributed by atoms with Gasteiger partial charge in [-0.2, -0.15) is 0 Å². The number of esters is 1. The maximum absolute atomic E-state index is 11.6. The summed E-state index contributed by atoms with van der Waals surface area (Å²) in [7, 11) is 1.35. The molecule has 0 amide bonds. The third kappa shape index (κ3) is 4.53. The van der Waals surface area contributed by atoms with Crippen molar-refractivity contribution in [2.24, 2.45) is 0 Å². The summed E-state index contributed by atoms with van der Waals surface area (Å²) >= 11 is 8.87. The number of anilines is 2. The number of ether oxygens (including phenoxy) is 1. The molecule has 3 rings (SSSR count). The van der Waals surface area contributed by atoms with Gasteiger partial charge >= 0.3 is 5.97 Å². The predicted octanol–water partition coefficient (Wildman–Crippen LogP) is 4.92. The van der Waals surface area contributed by atoms with E-state index in [2.05, 4.69) is 15.5 Å². The molecule has 130 valence electrons. The molecule has 0 atom stereocenters. The zero-order valence-corrected chi connectivity index (χ0v) is 15.8. The van der Waals surface area contributed by atoms with Crippen molar-refractivity contribution in [2.45, 2.75) is 17.0 Å². The van der Waals surface area contributed by atoms with Crippen molar-refractivity contribution >= 4 is 51.5 Å². The molecule has 0 aliphatic carbocycles. The van der Waals surface area contributed by atoms with Crippen LogP contribution in [0, 0.1) is 6.92 Å². The Balaban J connectivity index is 1.61. The van der Waals surface area contributed by atoms with E-state index in [0.717, 1.165) is 10.0 Å². The third-order valence-electron chi connectivity index (χ3n) is 3.19. The first kappa shape index (κ1) is 17.8. The van der Waals surface area contributed by atoms with Crippen molar-refractivity contribution in [3.8, 4) is 0 Å². The lowest BCUT2D eigenvalue weighted by Gasteiger charge is -2.01. The number of halogens is 1. The summed E-state index contributed by atoms with van der Waals surface area (Å²) in [6, 6.07) is 9.08. The second-order valence-corrected chi connectivity index (χ2v) is 7.61. The van der Waals surface area contributed by atoms with Gasteiger partial charge < -0.3 is 14.5 Å². The smallest absolute Gasteiger partial charge is 0.341 e. The molecule has 0 fully saturated rings. The molecule has 2 aromatic heterocycles. The zero-order valence-electron chi connectivity index (χ0n) is 13.4. The second-order valence-electron chi connectivity index (χ2n) is 4.97. The molecule has 0 aliphatic rings. The predicted molar refractivity (Wildman–Crippen MR) is 99.0 cm³/mol. The summed E-state index contributed by atoms with van der Waals surface area (Å²) in [6.07, 6.45) is 0. The molecule has 0 unspecified atom stereocenters. The minimum Gasteiger partial charge on any atom is -0.465 e. The van der Waals surface area contributed by atoms with Crippen LogP contribution >= 0.6 is 34.7 Å². The molecule has 9 heteroatoms. The Morgan fingerprint density at radius 2 is 2.24 bits per heavy atom. The van der Waals surface area contributed by atoms with Crippen LogP contribution in [0.1, 0.15) is 21.9 Å². The van der Waals surface area contributed by atoms with E-state index < -0.39 is 5.97 Å². The minimum absolute atomic E-state index is 0.401. The van der Waals surface area contributed by atoms with Gasteiger partial charge in [0, 0.05) is 10.7 Å². The van der Waals surface area contributed by atoms with E-state index in [-0.39, 0.29) is 0 Å². The highest BCUT2D eigenvalue weighted by atomic mass is 35.5. The van der Waals surface area contributed by atoms with Crippen molar-refractivity contribution in [1.29, 1.82) is 0 Å². The lowest BCUT2D eigenvalue weighted by molar-refractivity contribution is 0.0599. The Kier molecular flexibility index (Phi) is 5.62. The summed E-state index contributed by atoms with van der Waals surface area (Å²) in [6.45, 7) is 1.73. The molecule has 0 saturated carbocycles. The largest absolute Gasteiger partial charge is 0.465 e. The molecule has 0 radical (unpaired) electrons. The summed E-state index contributed by atoms with van der Waals surface area (Å²) in [4.78, 5) is 11.6. The number of benzene rings is 1. The molecule has 3 aromatic rings. The van der Waals surface area contributed by atoms with Gasteiger partial charge in [0.2, 0.25) is 5.13 Å². The van der Waals surface area contributed by atoms with E-state index in [1.807, 2.05) is 24.3 Å². The molecule has 1 N–H and O–H groups in total. The topological polar surface area (TPSA) is 77.2 Å². The van der Waals surface area contributed by atoms with Crippen LogP contribution in [0.25, 0.3) is 0 Å². The minimum atomic E-state index is -0.401. The number of aryl methyl sites for hydroxylation is 1. The lowest BCUT2D eigenvalue weighted by Crippen LogP contribution is -2.00. The van der Waals surface area contributed by atoms with Gasteiger partial charge in [-0.05, 0) is 31.2 Å². The first-order chi connectivity index (χ1) is 12.0. The van der Waals surface area contributed by atoms with Crippen LogP contribution in [-0.2, 0) is 10.5 Å². The normalized spacial score (nSPS) is 10.7. The van der Waals surface area contributed by atoms with Crippen molar-refractivity contribution in [3.05, 3.63) is 52.4 Å². The van der Waals surface area contributed by atoms with E-state index in [9.17, 15) is 4.79 Å². The fourth-order valence-electron chi connectivity index (χ4n) is 2.07. The van der Waals surface area contributed by atoms with Crippen molar-refractivity contribution in [3.63, 3.8) is 0 Å². The molecular weight excluding hydrogens is 382 g/mol. The van der Waals surface area contributed by atoms with E-state index in [1.54, 1.807) is 13.0 Å². The first-order valence-electron chi connectivity index (χ1n) is 7.21. The number of thioether (sulfide) groups is 1. The van der Waals surface area contributed by atoms with Crippen LogP contribution in [0.3, 0.4) is 0 Å². The Morgan fingerprint density at radius 3 is 3.00 bits per heavy atom. The number of carbonyl (C=O) groups is 1. The molecule has 0 bridgehead atoms. The van der Waals surface area contributed by atoms with Crippen LogP contribution in [0.5, 0.6) is 0 Å². The average molecular weight is 396 g/mol. The van der Waals surface area contributed by atoms with Gasteiger partial charge in [-0.15, -0.1) is 10.2 Å². The van der Waals surface area contributed by atoms with Crippen LogP contribution in [0.15, 0.2) is 39.1 Å². The number of furan rings is 1. The van der Waals surface area contributed by atoms with Crippen LogP contribution in [0.2, 0.25) is 5.02 Å². The Hall–Kier alpha value is -2.03. The number of carbonyl (C=O) groups excluding carboxylic acids is 1. The lowest BCUT2D eigenvalue weighted by atomic mass is 10.2. The highest BCUT2D eigenvalue weighted by molar-refractivity contribution is 8.00. The SMILES string of the molecule is COC(=O)c1cc(CSc2nnc(Nc3cccc(Cl)c3)s2)oc1C. The highest BCUT2D eigenvalue weighted by Gasteiger charge is 2.16. The van der Waals surface area contributed by atoms with Crippen molar-refractivity contribution in [1.82, 2.24) is 10.2 Å². The number of hydrogen-bond donors (Lipinski definition) is 1. The van der Waals surface area contributed by atoms with E-state index in [0.29, 0.717) is 33.0 Å². The van der Waals surface area contributed by atoms with E-state index in [4.69, 9.17) is 20.8 Å². The number of hydrogen-bond acceptors (Lipinski definition) is 8. The Labute approximate surface area is 157 Å². The van der Waals surface area contributed by atoms with Gasteiger partial charge in [0.1, 0.15) is 17.1 Å². The number of nitrogens with one attached hydrogen (secondary N) is 1. The summed E-state index contributed by atoms with van der Waals surface area (Å²) in [5, 5.41) is 12.7. The third-order valence-corrected chi connectivity index (χ3v) is 5.42. The number of nitrogens with zero attached hydrogens (tertiary/aromatic N) is 2. The summed E-state index contributed by atoms with van der Waals surface area (Å²) in [5.74, 6) is 1.37. The van der Waals surface area contributed by atoms with Crippen molar-refractivity contribution in [2.75, 3.05) is 12.4 Å². The van der Waals surface area contributed by atoms with E-state index >= 15 is 0 Å². The van der Waals surface area contributed by atoms with Gasteiger partial charge in [-0.3, -0.25) is 0 Å². The Morgan fingerprint density at radius 1 is 1.40 bits per heavy atom. The molecule has 6 nitrogen and oxygen atoms in total. The summed E-state index contributed by atoms with van der Waals surface area (Å²) < 4.78 is 11.1. The van der Waals surface area contributed by atoms with Crippen molar-refractivity contribution < 1.29 is 13.9 Å². The van der Waals surface area contributed by atoms with Gasteiger partial charge in [0.25, 0.3) is 0 Å². The maximum atomic E-state index is 11.6. The number of methoxy groups -OCH3 is 1. The quantitative estimate of drug-likeness (QED) is 0.469. The second kappa shape index (κ2) is 7.90. The first-order valence-corrected chi connectivity index (χ1v) is 9.39. The van der Waals surface area contributed by atoms with E-state index in [1.165, 1.54) is 30.2 Å². The van der Waals surface area contributed by atoms with Gasteiger partial charge in [0.05, 0.1) is 12.9 Å². The fourth-order valence-corrected chi connectivity index (χ4v) is 3.91. The zero-order chi connectivity index (χ0) is 17.8.